The van der Waals surface area contributed by atoms with Gasteiger partial charge in [0, 0.05) is 38.0 Å². The molecule has 0 radical (unpaired) electrons. The highest BCUT2D eigenvalue weighted by atomic mass is 16.5. The van der Waals surface area contributed by atoms with Crippen molar-refractivity contribution < 1.29 is 14.3 Å². The van der Waals surface area contributed by atoms with Crippen molar-refractivity contribution in [3.8, 4) is 17.7 Å². The number of rotatable bonds is 9. The van der Waals surface area contributed by atoms with E-state index in [1.165, 1.54) is 5.01 Å². The van der Waals surface area contributed by atoms with E-state index in [2.05, 4.69) is 20.7 Å². The van der Waals surface area contributed by atoms with E-state index in [1.54, 1.807) is 14.2 Å². The summed E-state index contributed by atoms with van der Waals surface area (Å²) in [7, 11) is 3.19. The largest absolute Gasteiger partial charge is 0.493 e. The molecule has 0 saturated carbocycles. The number of carbonyl (C=O) groups is 1. The predicted molar refractivity (Wildman–Crippen MR) is 111 cm³/mol. The van der Waals surface area contributed by atoms with E-state index in [1.807, 2.05) is 31.3 Å². The highest BCUT2D eigenvalue weighted by Crippen LogP contribution is 2.29. The summed E-state index contributed by atoms with van der Waals surface area (Å²) >= 11 is 0. The Morgan fingerprint density at radius 3 is 2.76 bits per heavy atom. The molecule has 2 N–H and O–H groups in total. The molecule has 0 spiro atoms. The van der Waals surface area contributed by atoms with Gasteiger partial charge in [0.1, 0.15) is 0 Å². The summed E-state index contributed by atoms with van der Waals surface area (Å²) in [6.45, 7) is 3.71. The number of amides is 1. The van der Waals surface area contributed by atoms with Crippen LogP contribution in [0.1, 0.15) is 38.2 Å². The number of benzene rings is 1. The highest BCUT2D eigenvalue weighted by molar-refractivity contribution is 6.04. The first-order valence-corrected chi connectivity index (χ1v) is 9.66. The number of hydrogen-bond donors (Lipinski definition) is 2. The summed E-state index contributed by atoms with van der Waals surface area (Å²) in [5.74, 6) is 1.79. The van der Waals surface area contributed by atoms with Gasteiger partial charge in [-0.15, -0.1) is 0 Å². The lowest BCUT2D eigenvalue weighted by Gasteiger charge is -2.24. The third-order valence-electron chi connectivity index (χ3n) is 4.39. The van der Waals surface area contributed by atoms with Crippen molar-refractivity contribution in [3.63, 3.8) is 0 Å². The molecule has 1 aliphatic heterocycles. The number of nitrogens with one attached hydrogen (secondary N) is 2. The zero-order valence-corrected chi connectivity index (χ0v) is 17.2. The fraction of sp³-hybridized carbons (Fsp3) is 0.500. The summed E-state index contributed by atoms with van der Waals surface area (Å²) < 4.78 is 10.6. The molecule has 2 rings (SSSR count). The number of nitrogens with zero attached hydrogens (tertiary/aromatic N) is 4. The summed E-state index contributed by atoms with van der Waals surface area (Å²) in [5, 5.41) is 20.3. The minimum Gasteiger partial charge on any atom is -0.493 e. The van der Waals surface area contributed by atoms with Gasteiger partial charge in [0.2, 0.25) is 11.9 Å². The van der Waals surface area contributed by atoms with Crippen LogP contribution in [0.25, 0.3) is 0 Å². The van der Waals surface area contributed by atoms with Crippen LogP contribution in [0.2, 0.25) is 0 Å². The van der Waals surface area contributed by atoms with Gasteiger partial charge in [-0.05, 0) is 38.0 Å². The van der Waals surface area contributed by atoms with Crippen molar-refractivity contribution in [1.82, 2.24) is 15.6 Å². The molecule has 0 aromatic heterocycles. The summed E-state index contributed by atoms with van der Waals surface area (Å²) in [5.41, 5.74) is 1.78. The standard InChI is InChI=1S/C20H28N6O3/c1-4-22-20(24-14-21)23-11-5-6-12-26-19(27)10-8-16(25-26)15-7-9-17(28-2)18(13-15)29-3/h7,9,13H,4-6,8,10-12H2,1-3H3,(H2,22,23,24). The Labute approximate surface area is 171 Å². The van der Waals surface area contributed by atoms with Crippen molar-refractivity contribution in [3.05, 3.63) is 23.8 Å². The molecule has 1 amide bonds. The van der Waals surface area contributed by atoms with Gasteiger partial charge in [0.25, 0.3) is 0 Å². The maximum Gasteiger partial charge on any atom is 0.243 e. The number of guanidine groups is 1. The zero-order chi connectivity index (χ0) is 21.1. The molecular weight excluding hydrogens is 372 g/mol. The Balaban J connectivity index is 1.96. The quantitative estimate of drug-likeness (QED) is 0.215. The first-order valence-electron chi connectivity index (χ1n) is 9.66. The van der Waals surface area contributed by atoms with Crippen LogP contribution in [-0.2, 0) is 4.79 Å². The van der Waals surface area contributed by atoms with Gasteiger partial charge in [0.15, 0.2) is 17.7 Å². The molecule has 0 bridgehead atoms. The van der Waals surface area contributed by atoms with Crippen molar-refractivity contribution >= 4 is 17.6 Å². The molecule has 1 aromatic carbocycles. The number of hydrogen-bond acceptors (Lipinski definition) is 6. The SMILES string of the molecule is CCNC(=NCCCCN1N=C(c2ccc(OC)c(OC)c2)CCC1=O)NC#N. The Bertz CT molecular complexity index is 800. The van der Waals surface area contributed by atoms with Crippen molar-refractivity contribution in [2.45, 2.75) is 32.6 Å². The molecule has 9 heteroatoms. The molecule has 0 saturated heterocycles. The molecule has 0 unspecified atom stereocenters. The van der Waals surface area contributed by atoms with E-state index in [0.29, 0.717) is 49.9 Å². The van der Waals surface area contributed by atoms with Crippen molar-refractivity contribution in [1.29, 1.82) is 5.26 Å². The zero-order valence-electron chi connectivity index (χ0n) is 17.2. The van der Waals surface area contributed by atoms with Crippen LogP contribution < -0.4 is 20.1 Å². The Hall–Kier alpha value is -3.28. The number of hydrazone groups is 1. The average Bonchev–Trinajstić information content (AvgIpc) is 2.74. The van der Waals surface area contributed by atoms with Crippen molar-refractivity contribution in [2.24, 2.45) is 10.1 Å². The van der Waals surface area contributed by atoms with E-state index >= 15 is 0 Å². The lowest BCUT2D eigenvalue weighted by atomic mass is 10.0. The number of methoxy groups -OCH3 is 2. The maximum atomic E-state index is 12.2. The number of nitriles is 1. The predicted octanol–water partition coefficient (Wildman–Crippen LogP) is 1.85. The molecule has 0 aliphatic carbocycles. The third-order valence-corrected chi connectivity index (χ3v) is 4.39. The molecule has 0 fully saturated rings. The van der Waals surface area contributed by atoms with Crippen LogP contribution in [0.15, 0.2) is 28.3 Å². The Kier molecular flexibility index (Phi) is 8.76. The van der Waals surface area contributed by atoms with E-state index < -0.39 is 0 Å². The van der Waals surface area contributed by atoms with Gasteiger partial charge in [-0.3, -0.25) is 15.1 Å². The average molecular weight is 400 g/mol. The fourth-order valence-corrected chi connectivity index (χ4v) is 2.92. The molecule has 29 heavy (non-hydrogen) atoms. The normalized spacial score (nSPS) is 14.1. The molecule has 156 valence electrons. The van der Waals surface area contributed by atoms with Crippen LogP contribution in [-0.4, -0.2) is 56.4 Å². The molecular formula is C20H28N6O3. The highest BCUT2D eigenvalue weighted by Gasteiger charge is 2.21. The van der Waals surface area contributed by atoms with Gasteiger partial charge in [-0.1, -0.05) is 0 Å². The molecule has 1 aliphatic rings. The lowest BCUT2D eigenvalue weighted by molar-refractivity contribution is -0.131. The van der Waals surface area contributed by atoms with E-state index in [-0.39, 0.29) is 5.91 Å². The first kappa shape index (κ1) is 22.0. The number of carbonyl (C=O) groups excluding carboxylic acids is 1. The molecule has 9 nitrogen and oxygen atoms in total. The summed E-state index contributed by atoms with van der Waals surface area (Å²) in [4.78, 5) is 16.5. The first-order chi connectivity index (χ1) is 14.1. The van der Waals surface area contributed by atoms with E-state index in [9.17, 15) is 4.79 Å². The monoisotopic (exact) mass is 400 g/mol. The van der Waals surface area contributed by atoms with Crippen LogP contribution >= 0.6 is 0 Å². The van der Waals surface area contributed by atoms with Gasteiger partial charge in [-0.25, -0.2) is 5.01 Å². The Morgan fingerprint density at radius 1 is 1.28 bits per heavy atom. The smallest absolute Gasteiger partial charge is 0.243 e. The number of aliphatic imine (C=N–C) groups is 1. The third kappa shape index (κ3) is 6.38. The van der Waals surface area contributed by atoms with Crippen molar-refractivity contribution in [2.75, 3.05) is 33.9 Å². The van der Waals surface area contributed by atoms with Crippen LogP contribution in [0.5, 0.6) is 11.5 Å². The number of ether oxygens (including phenoxy) is 2. The number of unbranched alkanes of at least 4 members (excludes halogenated alkanes) is 1. The van der Waals surface area contributed by atoms with Gasteiger partial charge in [0.05, 0.1) is 19.9 Å². The second kappa shape index (κ2) is 11.5. The molecule has 0 atom stereocenters. The minimum atomic E-state index is 0.0252. The van der Waals surface area contributed by atoms with Crippen LogP contribution in [0.4, 0.5) is 0 Å². The van der Waals surface area contributed by atoms with Gasteiger partial charge >= 0.3 is 0 Å². The van der Waals surface area contributed by atoms with Crippen LogP contribution in [0, 0.1) is 11.5 Å². The lowest BCUT2D eigenvalue weighted by Crippen LogP contribution is -2.34. The maximum absolute atomic E-state index is 12.2. The topological polar surface area (TPSA) is 111 Å². The summed E-state index contributed by atoms with van der Waals surface area (Å²) in [6, 6.07) is 5.64. The van der Waals surface area contributed by atoms with Crippen LogP contribution in [0.3, 0.4) is 0 Å². The fourth-order valence-electron chi connectivity index (χ4n) is 2.92. The van der Waals surface area contributed by atoms with E-state index in [0.717, 1.165) is 24.1 Å². The molecule has 1 heterocycles. The second-order valence-corrected chi connectivity index (χ2v) is 6.34. The minimum absolute atomic E-state index is 0.0252. The second-order valence-electron chi connectivity index (χ2n) is 6.34. The Morgan fingerprint density at radius 2 is 2.07 bits per heavy atom. The summed E-state index contributed by atoms with van der Waals surface area (Å²) in [6.07, 6.45) is 4.44. The van der Waals surface area contributed by atoms with E-state index in [4.69, 9.17) is 14.7 Å². The van der Waals surface area contributed by atoms with Gasteiger partial charge < -0.3 is 14.8 Å². The molecule has 1 aromatic rings. The van der Waals surface area contributed by atoms with Gasteiger partial charge in [-0.2, -0.15) is 10.4 Å².